The Bertz CT molecular complexity index is 821. The van der Waals surface area contributed by atoms with Crippen LogP contribution in [-0.2, 0) is 5.60 Å². The second-order valence-electron chi connectivity index (χ2n) is 5.69. The van der Waals surface area contributed by atoms with Gasteiger partial charge in [0.25, 0.3) is 0 Å². The summed E-state index contributed by atoms with van der Waals surface area (Å²) in [7, 11) is 0. The smallest absolute Gasteiger partial charge is 0.131 e. The van der Waals surface area contributed by atoms with Crippen LogP contribution < -0.4 is 4.74 Å². The van der Waals surface area contributed by atoms with Crippen molar-refractivity contribution in [3.05, 3.63) is 60.2 Å². The van der Waals surface area contributed by atoms with Crippen molar-refractivity contribution in [2.24, 2.45) is 0 Å². The van der Waals surface area contributed by atoms with Gasteiger partial charge in [0.15, 0.2) is 0 Å². The molecule has 0 atom stereocenters. The summed E-state index contributed by atoms with van der Waals surface area (Å²) >= 11 is 0. The van der Waals surface area contributed by atoms with Gasteiger partial charge < -0.3 is 4.74 Å². The largest absolute Gasteiger partial charge is 0.482 e. The number of para-hydroxylation sites is 2. The number of hydrogen-bond donors (Lipinski definition) is 0. The molecular formula is C18H15NO. The lowest BCUT2D eigenvalue weighted by atomic mass is 9.89. The normalized spacial score (nSPS) is 15.3. The molecule has 2 heteroatoms. The highest BCUT2D eigenvalue weighted by atomic mass is 16.5. The average Bonchev–Trinajstić information content (AvgIpc) is 2.45. The first kappa shape index (κ1) is 11.5. The first-order valence-corrected chi connectivity index (χ1v) is 6.84. The van der Waals surface area contributed by atoms with E-state index in [0.717, 1.165) is 33.5 Å². The molecule has 4 rings (SSSR count). The lowest BCUT2D eigenvalue weighted by Gasteiger charge is -2.34. The summed E-state index contributed by atoms with van der Waals surface area (Å²) in [6, 6.07) is 18.5. The first-order chi connectivity index (χ1) is 9.65. The van der Waals surface area contributed by atoms with Gasteiger partial charge in [0.2, 0.25) is 0 Å². The summed E-state index contributed by atoms with van der Waals surface area (Å²) in [5.41, 5.74) is 3.93. The van der Waals surface area contributed by atoms with E-state index < -0.39 is 0 Å². The van der Waals surface area contributed by atoms with Crippen molar-refractivity contribution >= 4 is 10.9 Å². The SMILES string of the molecule is CC1(C)Oc2ccccc2-c2nc3ccccc3cc21. The highest BCUT2D eigenvalue weighted by Crippen LogP contribution is 2.44. The Kier molecular flexibility index (Phi) is 2.19. The summed E-state index contributed by atoms with van der Waals surface area (Å²) in [5, 5.41) is 1.15. The summed E-state index contributed by atoms with van der Waals surface area (Å²) in [6.07, 6.45) is 0. The third kappa shape index (κ3) is 1.54. The number of pyridine rings is 1. The van der Waals surface area contributed by atoms with E-state index in [-0.39, 0.29) is 5.60 Å². The van der Waals surface area contributed by atoms with Crippen LogP contribution in [0.3, 0.4) is 0 Å². The van der Waals surface area contributed by atoms with E-state index in [4.69, 9.17) is 9.72 Å². The van der Waals surface area contributed by atoms with Crippen LogP contribution in [0.1, 0.15) is 19.4 Å². The van der Waals surface area contributed by atoms with Crippen LogP contribution in [0, 0.1) is 0 Å². The molecule has 2 aromatic carbocycles. The average molecular weight is 261 g/mol. The molecule has 2 nitrogen and oxygen atoms in total. The van der Waals surface area contributed by atoms with E-state index in [0.29, 0.717) is 0 Å². The minimum atomic E-state index is -0.360. The topological polar surface area (TPSA) is 22.1 Å². The molecule has 1 aliphatic heterocycles. The second kappa shape index (κ2) is 3.83. The van der Waals surface area contributed by atoms with Crippen LogP contribution >= 0.6 is 0 Å². The number of fused-ring (bicyclic) bond motifs is 4. The van der Waals surface area contributed by atoms with Crippen LogP contribution in [0.5, 0.6) is 5.75 Å². The van der Waals surface area contributed by atoms with Gasteiger partial charge in [0, 0.05) is 16.5 Å². The van der Waals surface area contributed by atoms with Crippen LogP contribution in [-0.4, -0.2) is 4.98 Å². The molecule has 1 aromatic heterocycles. The third-order valence-electron chi connectivity index (χ3n) is 3.88. The van der Waals surface area contributed by atoms with Gasteiger partial charge in [0.1, 0.15) is 11.4 Å². The fraction of sp³-hybridized carbons (Fsp3) is 0.167. The van der Waals surface area contributed by atoms with Gasteiger partial charge in [-0.15, -0.1) is 0 Å². The molecule has 0 saturated carbocycles. The monoisotopic (exact) mass is 261 g/mol. The summed E-state index contributed by atoms with van der Waals surface area (Å²) in [4.78, 5) is 4.87. The number of nitrogens with zero attached hydrogens (tertiary/aromatic N) is 1. The Morgan fingerprint density at radius 1 is 0.950 bits per heavy atom. The van der Waals surface area contributed by atoms with Crippen molar-refractivity contribution in [1.82, 2.24) is 4.98 Å². The minimum Gasteiger partial charge on any atom is -0.482 e. The van der Waals surface area contributed by atoms with E-state index in [1.165, 1.54) is 0 Å². The Morgan fingerprint density at radius 3 is 2.60 bits per heavy atom. The Hall–Kier alpha value is -2.35. The van der Waals surface area contributed by atoms with E-state index in [1.807, 2.05) is 30.3 Å². The molecular weight excluding hydrogens is 246 g/mol. The van der Waals surface area contributed by atoms with Crippen LogP contribution in [0.2, 0.25) is 0 Å². The summed E-state index contributed by atoms with van der Waals surface area (Å²) in [5.74, 6) is 0.910. The maximum absolute atomic E-state index is 6.15. The predicted molar refractivity (Wildman–Crippen MR) is 80.8 cm³/mol. The molecule has 98 valence electrons. The minimum absolute atomic E-state index is 0.360. The molecule has 0 unspecified atom stereocenters. The van der Waals surface area contributed by atoms with Gasteiger partial charge >= 0.3 is 0 Å². The number of ether oxygens (including phenoxy) is 1. The molecule has 0 spiro atoms. The first-order valence-electron chi connectivity index (χ1n) is 6.84. The van der Waals surface area contributed by atoms with Crippen molar-refractivity contribution in [3.8, 4) is 17.0 Å². The number of hydrogen-bond acceptors (Lipinski definition) is 2. The zero-order valence-corrected chi connectivity index (χ0v) is 11.6. The number of rotatable bonds is 0. The molecule has 0 fully saturated rings. The highest BCUT2D eigenvalue weighted by molar-refractivity contribution is 5.85. The van der Waals surface area contributed by atoms with Crippen molar-refractivity contribution in [2.75, 3.05) is 0 Å². The molecule has 0 saturated heterocycles. The van der Waals surface area contributed by atoms with Crippen molar-refractivity contribution in [1.29, 1.82) is 0 Å². The third-order valence-corrected chi connectivity index (χ3v) is 3.88. The maximum atomic E-state index is 6.15. The lowest BCUT2D eigenvalue weighted by Crippen LogP contribution is -2.29. The van der Waals surface area contributed by atoms with Gasteiger partial charge in [0.05, 0.1) is 11.2 Å². The number of benzene rings is 2. The van der Waals surface area contributed by atoms with Crippen LogP contribution in [0.15, 0.2) is 54.6 Å². The molecule has 20 heavy (non-hydrogen) atoms. The van der Waals surface area contributed by atoms with Crippen LogP contribution in [0.25, 0.3) is 22.2 Å². The van der Waals surface area contributed by atoms with E-state index in [9.17, 15) is 0 Å². The van der Waals surface area contributed by atoms with E-state index in [1.54, 1.807) is 0 Å². The maximum Gasteiger partial charge on any atom is 0.131 e. The standard InChI is InChI=1S/C18H15NO/c1-18(2)14-11-12-7-3-5-9-15(12)19-17(14)13-8-4-6-10-16(13)20-18/h3-11H,1-2H3. The predicted octanol–water partition coefficient (Wildman–Crippen LogP) is 4.53. The fourth-order valence-electron chi connectivity index (χ4n) is 2.86. The zero-order valence-electron chi connectivity index (χ0n) is 11.6. The van der Waals surface area contributed by atoms with Gasteiger partial charge in [-0.25, -0.2) is 4.98 Å². The van der Waals surface area contributed by atoms with Crippen molar-refractivity contribution in [3.63, 3.8) is 0 Å². The summed E-state index contributed by atoms with van der Waals surface area (Å²) in [6.45, 7) is 4.19. The van der Waals surface area contributed by atoms with E-state index >= 15 is 0 Å². The van der Waals surface area contributed by atoms with Gasteiger partial charge in [-0.1, -0.05) is 30.3 Å². The fourth-order valence-corrected chi connectivity index (χ4v) is 2.86. The molecule has 1 aliphatic rings. The van der Waals surface area contributed by atoms with Crippen LogP contribution in [0.4, 0.5) is 0 Å². The molecule has 0 radical (unpaired) electrons. The summed E-state index contributed by atoms with van der Waals surface area (Å²) < 4.78 is 6.15. The van der Waals surface area contributed by atoms with Crippen molar-refractivity contribution in [2.45, 2.75) is 19.4 Å². The Balaban J connectivity index is 2.11. The Morgan fingerprint density at radius 2 is 1.70 bits per heavy atom. The van der Waals surface area contributed by atoms with Gasteiger partial charge in [-0.2, -0.15) is 0 Å². The highest BCUT2D eigenvalue weighted by Gasteiger charge is 2.33. The number of aromatic nitrogens is 1. The van der Waals surface area contributed by atoms with Crippen molar-refractivity contribution < 1.29 is 4.74 Å². The molecule has 0 N–H and O–H groups in total. The lowest BCUT2D eigenvalue weighted by molar-refractivity contribution is 0.105. The molecule has 0 aliphatic carbocycles. The molecule has 3 aromatic rings. The molecule has 0 amide bonds. The molecule has 0 bridgehead atoms. The van der Waals surface area contributed by atoms with Gasteiger partial charge in [-0.3, -0.25) is 0 Å². The zero-order chi connectivity index (χ0) is 13.7. The second-order valence-corrected chi connectivity index (χ2v) is 5.69. The Labute approximate surface area is 118 Å². The molecule has 2 heterocycles. The quantitative estimate of drug-likeness (QED) is 0.593. The van der Waals surface area contributed by atoms with E-state index in [2.05, 4.69) is 38.1 Å². The van der Waals surface area contributed by atoms with Gasteiger partial charge in [-0.05, 0) is 38.1 Å².